The summed E-state index contributed by atoms with van der Waals surface area (Å²) in [4.78, 5) is 52.8. The normalized spacial score (nSPS) is 17.4. The SMILES string of the molecule is C[C@@H]1NC(=O)[C@H](Cc2ccccc2)N(C(C(=O)NCCCCCC(=O)O)c2ccc(Oc3ccccc3)cc2)C1=O. The zero-order chi connectivity index (χ0) is 29.2. The number of carbonyl (C=O) groups excluding carboxylic acids is 3. The Labute approximate surface area is 239 Å². The highest BCUT2D eigenvalue weighted by Crippen LogP contribution is 2.31. The van der Waals surface area contributed by atoms with E-state index in [9.17, 15) is 19.2 Å². The fourth-order valence-electron chi connectivity index (χ4n) is 4.88. The van der Waals surface area contributed by atoms with Crippen LogP contribution >= 0.6 is 0 Å². The molecule has 3 aromatic carbocycles. The zero-order valence-electron chi connectivity index (χ0n) is 23.0. The van der Waals surface area contributed by atoms with Crippen LogP contribution in [0.3, 0.4) is 0 Å². The molecule has 0 aromatic heterocycles. The highest BCUT2D eigenvalue weighted by atomic mass is 16.5. The molecular weight excluding hydrogens is 522 g/mol. The molecule has 9 heteroatoms. The summed E-state index contributed by atoms with van der Waals surface area (Å²) in [5.41, 5.74) is 1.41. The van der Waals surface area contributed by atoms with Crippen LogP contribution in [0, 0.1) is 0 Å². The zero-order valence-corrected chi connectivity index (χ0v) is 23.0. The molecule has 3 atom stereocenters. The molecule has 1 aliphatic rings. The van der Waals surface area contributed by atoms with Crippen LogP contribution in [0.4, 0.5) is 0 Å². The lowest BCUT2D eigenvalue weighted by atomic mass is 9.94. The maximum absolute atomic E-state index is 13.8. The summed E-state index contributed by atoms with van der Waals surface area (Å²) in [7, 11) is 0. The van der Waals surface area contributed by atoms with E-state index in [-0.39, 0.29) is 24.7 Å². The van der Waals surface area contributed by atoms with Gasteiger partial charge < -0.3 is 25.4 Å². The van der Waals surface area contributed by atoms with Crippen LogP contribution in [0.25, 0.3) is 0 Å². The van der Waals surface area contributed by atoms with Gasteiger partial charge in [-0.25, -0.2) is 0 Å². The van der Waals surface area contributed by atoms with E-state index < -0.39 is 30.0 Å². The van der Waals surface area contributed by atoms with Crippen LogP contribution in [0.1, 0.15) is 49.8 Å². The molecule has 0 saturated carbocycles. The van der Waals surface area contributed by atoms with Crippen LogP contribution < -0.4 is 15.4 Å². The molecule has 0 radical (unpaired) electrons. The number of unbranched alkanes of at least 4 members (excludes halogenated alkanes) is 2. The van der Waals surface area contributed by atoms with Gasteiger partial charge in [-0.1, -0.05) is 67.1 Å². The van der Waals surface area contributed by atoms with Crippen LogP contribution in [0.5, 0.6) is 11.5 Å². The number of ether oxygens (including phenoxy) is 1. The molecule has 0 spiro atoms. The van der Waals surface area contributed by atoms with E-state index in [0.717, 1.165) is 5.56 Å². The number of carboxylic acid groups (broad SMARTS) is 1. The number of carboxylic acids is 1. The summed E-state index contributed by atoms with van der Waals surface area (Å²) in [6, 6.07) is 22.9. The molecule has 3 N–H and O–H groups in total. The summed E-state index contributed by atoms with van der Waals surface area (Å²) in [5.74, 6) is -0.706. The number of nitrogens with one attached hydrogen (secondary N) is 2. The number of rotatable bonds is 13. The van der Waals surface area contributed by atoms with Crippen molar-refractivity contribution in [2.24, 2.45) is 0 Å². The van der Waals surface area contributed by atoms with Gasteiger partial charge in [0, 0.05) is 19.4 Å². The number of hydrogen-bond donors (Lipinski definition) is 3. The average Bonchev–Trinajstić information content (AvgIpc) is 2.97. The van der Waals surface area contributed by atoms with Gasteiger partial charge in [0.1, 0.15) is 29.6 Å². The van der Waals surface area contributed by atoms with E-state index in [1.54, 1.807) is 31.2 Å². The quantitative estimate of drug-likeness (QED) is 0.270. The molecule has 1 saturated heterocycles. The number of nitrogens with zero attached hydrogens (tertiary/aromatic N) is 1. The maximum Gasteiger partial charge on any atom is 0.303 e. The summed E-state index contributed by atoms with van der Waals surface area (Å²) >= 11 is 0. The summed E-state index contributed by atoms with van der Waals surface area (Å²) < 4.78 is 5.91. The molecule has 9 nitrogen and oxygen atoms in total. The van der Waals surface area contributed by atoms with Gasteiger partial charge in [0.05, 0.1) is 0 Å². The average molecular weight is 558 g/mol. The van der Waals surface area contributed by atoms with Crippen molar-refractivity contribution in [1.82, 2.24) is 15.5 Å². The Kier molecular flexibility index (Phi) is 10.1. The Morgan fingerprint density at radius 3 is 2.20 bits per heavy atom. The smallest absolute Gasteiger partial charge is 0.303 e. The van der Waals surface area contributed by atoms with Gasteiger partial charge in [0.2, 0.25) is 17.7 Å². The van der Waals surface area contributed by atoms with Gasteiger partial charge in [-0.05, 0) is 55.2 Å². The van der Waals surface area contributed by atoms with Gasteiger partial charge in [-0.3, -0.25) is 19.2 Å². The summed E-state index contributed by atoms with van der Waals surface area (Å²) in [6.07, 6.45) is 2.07. The number of para-hydroxylation sites is 1. The Bertz CT molecular complexity index is 1330. The number of hydrogen-bond acceptors (Lipinski definition) is 5. The standard InChI is InChI=1S/C32H35N3O6/c1-22-32(40)35(27(30(38)34-22)21-23-11-5-2-6-12-23)29(31(39)33-20-10-4-9-15-28(36)37)24-16-18-26(19-17-24)41-25-13-7-3-8-14-25/h2-3,5-8,11-14,16-19,22,27,29H,4,9-10,15,20-21H2,1H3,(H,33,39)(H,34,38)(H,36,37)/t22-,27-,29?/m0/s1. The van der Waals surface area contributed by atoms with Crippen molar-refractivity contribution >= 4 is 23.7 Å². The molecule has 1 heterocycles. The number of aliphatic carboxylic acids is 1. The Hall–Kier alpha value is -4.66. The Balaban J connectivity index is 1.61. The first-order valence-electron chi connectivity index (χ1n) is 13.8. The van der Waals surface area contributed by atoms with E-state index in [1.165, 1.54) is 4.90 Å². The van der Waals surface area contributed by atoms with Gasteiger partial charge >= 0.3 is 5.97 Å². The largest absolute Gasteiger partial charge is 0.481 e. The van der Waals surface area contributed by atoms with Crippen molar-refractivity contribution in [3.05, 3.63) is 96.1 Å². The molecule has 0 aliphatic carbocycles. The lowest BCUT2D eigenvalue weighted by Gasteiger charge is -2.42. The number of piperazine rings is 1. The van der Waals surface area contributed by atoms with Gasteiger partial charge in [0.25, 0.3) is 0 Å². The van der Waals surface area contributed by atoms with Crippen LogP contribution in [-0.2, 0) is 25.6 Å². The van der Waals surface area contributed by atoms with E-state index >= 15 is 0 Å². The second kappa shape index (κ2) is 14.1. The Morgan fingerprint density at radius 2 is 1.54 bits per heavy atom. The van der Waals surface area contributed by atoms with Crippen molar-refractivity contribution in [2.45, 2.75) is 57.2 Å². The van der Waals surface area contributed by atoms with E-state index in [1.807, 2.05) is 60.7 Å². The number of carbonyl (C=O) groups is 4. The van der Waals surface area contributed by atoms with Crippen LogP contribution in [-0.4, -0.2) is 52.3 Å². The predicted octanol–water partition coefficient (Wildman–Crippen LogP) is 4.24. The lowest BCUT2D eigenvalue weighted by molar-refractivity contribution is -0.155. The van der Waals surface area contributed by atoms with E-state index in [2.05, 4.69) is 10.6 Å². The fourth-order valence-corrected chi connectivity index (χ4v) is 4.88. The lowest BCUT2D eigenvalue weighted by Crippen LogP contribution is -2.65. The van der Waals surface area contributed by atoms with Crippen LogP contribution in [0.2, 0.25) is 0 Å². The van der Waals surface area contributed by atoms with Gasteiger partial charge in [0.15, 0.2) is 0 Å². The third-order valence-corrected chi connectivity index (χ3v) is 6.96. The topological polar surface area (TPSA) is 125 Å². The molecule has 1 unspecified atom stereocenters. The van der Waals surface area contributed by atoms with Crippen molar-refractivity contribution in [1.29, 1.82) is 0 Å². The highest BCUT2D eigenvalue weighted by molar-refractivity contribution is 6.00. The fraction of sp³-hybridized carbons (Fsp3) is 0.312. The van der Waals surface area contributed by atoms with Gasteiger partial charge in [-0.2, -0.15) is 0 Å². The molecule has 1 aliphatic heterocycles. The predicted molar refractivity (Wildman–Crippen MR) is 153 cm³/mol. The highest BCUT2D eigenvalue weighted by Gasteiger charge is 2.45. The molecule has 3 amide bonds. The summed E-state index contributed by atoms with van der Waals surface area (Å²) in [5, 5.41) is 14.5. The molecule has 41 heavy (non-hydrogen) atoms. The monoisotopic (exact) mass is 557 g/mol. The van der Waals surface area contributed by atoms with Crippen molar-refractivity contribution < 1.29 is 29.0 Å². The first kappa shape index (κ1) is 29.3. The van der Waals surface area contributed by atoms with E-state index in [0.29, 0.717) is 42.9 Å². The maximum atomic E-state index is 13.8. The van der Waals surface area contributed by atoms with Crippen molar-refractivity contribution in [3.63, 3.8) is 0 Å². The molecule has 214 valence electrons. The number of benzene rings is 3. The summed E-state index contributed by atoms with van der Waals surface area (Å²) in [6.45, 7) is 1.93. The first-order chi connectivity index (χ1) is 19.8. The van der Waals surface area contributed by atoms with Crippen molar-refractivity contribution in [3.8, 4) is 11.5 Å². The van der Waals surface area contributed by atoms with Crippen molar-refractivity contribution in [2.75, 3.05) is 6.54 Å². The molecule has 1 fully saturated rings. The second-order valence-corrected chi connectivity index (χ2v) is 10.1. The minimum Gasteiger partial charge on any atom is -0.481 e. The minimum absolute atomic E-state index is 0.0738. The molecule has 3 aromatic rings. The van der Waals surface area contributed by atoms with E-state index in [4.69, 9.17) is 9.84 Å². The second-order valence-electron chi connectivity index (χ2n) is 10.1. The minimum atomic E-state index is -1.06. The third kappa shape index (κ3) is 7.94. The first-order valence-corrected chi connectivity index (χ1v) is 13.8. The molecule has 0 bridgehead atoms. The number of amides is 3. The molecular formula is C32H35N3O6. The third-order valence-electron chi connectivity index (χ3n) is 6.96. The molecule has 4 rings (SSSR count). The Morgan fingerprint density at radius 1 is 0.902 bits per heavy atom. The van der Waals surface area contributed by atoms with Crippen LogP contribution in [0.15, 0.2) is 84.9 Å². The van der Waals surface area contributed by atoms with Gasteiger partial charge in [-0.15, -0.1) is 0 Å².